The quantitative estimate of drug-likeness (QED) is 0.664. The largest absolute Gasteiger partial charge is 0.497 e. The maximum atomic E-state index is 13.2. The van der Waals surface area contributed by atoms with Gasteiger partial charge in [0.1, 0.15) is 5.52 Å². The van der Waals surface area contributed by atoms with Crippen molar-refractivity contribution in [2.24, 2.45) is 0 Å². The summed E-state index contributed by atoms with van der Waals surface area (Å²) in [6, 6.07) is 8.11. The Bertz CT molecular complexity index is 1240. The van der Waals surface area contributed by atoms with Gasteiger partial charge in [-0.2, -0.15) is 0 Å². The molecule has 0 bridgehead atoms. The van der Waals surface area contributed by atoms with Gasteiger partial charge in [0.2, 0.25) is 0 Å². The molecule has 9 heteroatoms. The number of nitrogens with one attached hydrogen (secondary N) is 1. The smallest absolute Gasteiger partial charge is 0.399 e. The van der Waals surface area contributed by atoms with E-state index in [2.05, 4.69) is 4.98 Å². The summed E-state index contributed by atoms with van der Waals surface area (Å²) in [6.07, 6.45) is 2.92. The van der Waals surface area contributed by atoms with E-state index in [4.69, 9.17) is 9.31 Å². The second-order valence-electron chi connectivity index (χ2n) is 8.35. The van der Waals surface area contributed by atoms with Crippen molar-refractivity contribution < 1.29 is 17.7 Å². The molecule has 29 heavy (non-hydrogen) atoms. The minimum absolute atomic E-state index is 0.0396. The highest BCUT2D eigenvalue weighted by molar-refractivity contribution is 7.90. The minimum Gasteiger partial charge on any atom is -0.399 e. The zero-order chi connectivity index (χ0) is 21.2. The predicted octanol–water partition coefficient (Wildman–Crippen LogP) is 2.17. The summed E-state index contributed by atoms with van der Waals surface area (Å²) in [5.41, 5.74) is -0.0510. The molecule has 7 nitrogen and oxygen atoms in total. The third-order valence-corrected chi connectivity index (χ3v) is 7.51. The van der Waals surface area contributed by atoms with Crippen LogP contribution in [0, 0.1) is 6.92 Å². The highest BCUT2D eigenvalue weighted by atomic mass is 32.2. The molecule has 1 fully saturated rings. The number of rotatable bonds is 3. The fourth-order valence-corrected chi connectivity index (χ4v) is 4.70. The lowest BCUT2D eigenvalue weighted by molar-refractivity contribution is 0.00578. The molecule has 1 N–H and O–H groups in total. The Morgan fingerprint density at radius 3 is 2.17 bits per heavy atom. The van der Waals surface area contributed by atoms with Crippen LogP contribution in [0.1, 0.15) is 33.3 Å². The second-order valence-corrected chi connectivity index (χ2v) is 10.2. The molecule has 3 heterocycles. The van der Waals surface area contributed by atoms with Gasteiger partial charge in [-0.3, -0.25) is 4.79 Å². The topological polar surface area (TPSA) is 90.4 Å². The number of aryl methyl sites for hydroxylation is 1. The normalized spacial score (nSPS) is 18.4. The number of benzene rings is 1. The number of aromatic nitrogens is 2. The summed E-state index contributed by atoms with van der Waals surface area (Å²) in [7, 11) is -4.66. The van der Waals surface area contributed by atoms with Crippen LogP contribution in [0.15, 0.2) is 52.4 Å². The number of hydrogen-bond donors (Lipinski definition) is 1. The van der Waals surface area contributed by atoms with Crippen molar-refractivity contribution in [2.45, 2.75) is 50.7 Å². The Morgan fingerprint density at radius 2 is 1.59 bits per heavy atom. The highest BCUT2D eigenvalue weighted by Gasteiger charge is 2.52. The average molecular weight is 414 g/mol. The van der Waals surface area contributed by atoms with E-state index in [1.807, 2.05) is 34.6 Å². The first-order valence-electron chi connectivity index (χ1n) is 9.35. The maximum absolute atomic E-state index is 13.2. The molecule has 4 rings (SSSR count). The summed E-state index contributed by atoms with van der Waals surface area (Å²) in [6.45, 7) is 9.61. The first kappa shape index (κ1) is 19.9. The number of nitrogens with zero attached hydrogens (tertiary/aromatic N) is 1. The molecular formula is C20H23BN2O5S. The monoisotopic (exact) mass is 414 g/mol. The molecule has 1 aliphatic heterocycles. The molecule has 1 saturated heterocycles. The van der Waals surface area contributed by atoms with E-state index in [9.17, 15) is 13.2 Å². The van der Waals surface area contributed by atoms with Crippen LogP contribution >= 0.6 is 0 Å². The number of hydrogen-bond acceptors (Lipinski definition) is 5. The van der Waals surface area contributed by atoms with Gasteiger partial charge in [-0.05, 0) is 52.8 Å². The van der Waals surface area contributed by atoms with Crippen LogP contribution in [0.5, 0.6) is 0 Å². The lowest BCUT2D eigenvalue weighted by Crippen LogP contribution is -2.41. The van der Waals surface area contributed by atoms with Gasteiger partial charge < -0.3 is 14.3 Å². The van der Waals surface area contributed by atoms with Crippen LogP contribution in [0.2, 0.25) is 0 Å². The Balaban J connectivity index is 1.88. The molecule has 152 valence electrons. The Hall–Kier alpha value is -2.36. The third kappa shape index (κ3) is 3.04. The van der Waals surface area contributed by atoms with E-state index in [1.165, 1.54) is 24.5 Å². The van der Waals surface area contributed by atoms with Crippen LogP contribution < -0.4 is 11.0 Å². The van der Waals surface area contributed by atoms with E-state index in [1.54, 1.807) is 18.2 Å². The van der Waals surface area contributed by atoms with Gasteiger partial charge in [0, 0.05) is 23.2 Å². The first-order valence-corrected chi connectivity index (χ1v) is 10.8. The van der Waals surface area contributed by atoms with Gasteiger partial charge in [0.25, 0.3) is 15.6 Å². The highest BCUT2D eigenvalue weighted by Crippen LogP contribution is 2.37. The van der Waals surface area contributed by atoms with Crippen molar-refractivity contribution in [1.82, 2.24) is 8.96 Å². The lowest BCUT2D eigenvalue weighted by atomic mass is 9.78. The van der Waals surface area contributed by atoms with Crippen molar-refractivity contribution in [3.63, 3.8) is 0 Å². The average Bonchev–Trinajstić information content (AvgIpc) is 3.16. The van der Waals surface area contributed by atoms with Gasteiger partial charge >= 0.3 is 7.12 Å². The van der Waals surface area contributed by atoms with Crippen LogP contribution in [0.4, 0.5) is 0 Å². The lowest BCUT2D eigenvalue weighted by Gasteiger charge is -2.32. The van der Waals surface area contributed by atoms with E-state index in [0.717, 1.165) is 9.54 Å². The first-order chi connectivity index (χ1) is 13.4. The summed E-state index contributed by atoms with van der Waals surface area (Å²) in [4.78, 5) is 15.3. The molecular weight excluding hydrogens is 391 g/mol. The van der Waals surface area contributed by atoms with Crippen molar-refractivity contribution in [3.8, 4) is 0 Å². The van der Waals surface area contributed by atoms with Crippen LogP contribution in [-0.2, 0) is 19.3 Å². The summed E-state index contributed by atoms with van der Waals surface area (Å²) in [5.74, 6) is 0. The van der Waals surface area contributed by atoms with Gasteiger partial charge in [0.15, 0.2) is 0 Å². The summed E-state index contributed by atoms with van der Waals surface area (Å²) >= 11 is 0. The number of fused-ring (bicyclic) bond motifs is 1. The van der Waals surface area contributed by atoms with E-state index in [-0.39, 0.29) is 10.4 Å². The van der Waals surface area contributed by atoms with Crippen molar-refractivity contribution in [3.05, 3.63) is 58.6 Å². The SMILES string of the molecule is Cc1ccc(S(=O)(=O)n2ccc3c(B4OC(C)(C)C(C)(C)O4)c[nH]c(=O)c32)cc1. The van der Waals surface area contributed by atoms with Gasteiger partial charge in [-0.1, -0.05) is 17.7 Å². The van der Waals surface area contributed by atoms with Crippen LogP contribution in [0.25, 0.3) is 10.9 Å². The maximum Gasteiger partial charge on any atom is 0.497 e. The molecule has 2 aromatic heterocycles. The van der Waals surface area contributed by atoms with Crippen molar-refractivity contribution >= 4 is 33.5 Å². The van der Waals surface area contributed by atoms with Gasteiger partial charge in [0.05, 0.1) is 16.1 Å². The number of pyridine rings is 1. The summed E-state index contributed by atoms with van der Waals surface area (Å²) in [5, 5.41) is 0.475. The molecule has 0 saturated carbocycles. The van der Waals surface area contributed by atoms with Crippen LogP contribution in [0.3, 0.4) is 0 Å². The third-order valence-electron chi connectivity index (χ3n) is 5.82. The summed E-state index contributed by atoms with van der Waals surface area (Å²) < 4.78 is 39.5. The van der Waals surface area contributed by atoms with E-state index < -0.39 is 33.9 Å². The zero-order valence-electron chi connectivity index (χ0n) is 17.0. The number of aromatic amines is 1. The van der Waals surface area contributed by atoms with E-state index in [0.29, 0.717) is 10.8 Å². The number of H-pyrrole nitrogens is 1. The molecule has 1 aliphatic rings. The predicted molar refractivity (Wildman–Crippen MR) is 112 cm³/mol. The molecule has 3 aromatic rings. The Labute approximate surface area is 169 Å². The molecule has 0 atom stereocenters. The molecule has 0 aliphatic carbocycles. The fraction of sp³-hybridized carbons (Fsp3) is 0.350. The van der Waals surface area contributed by atoms with Gasteiger partial charge in [-0.25, -0.2) is 12.4 Å². The standard InChI is InChI=1S/C20H23BN2O5S/c1-13-6-8-14(9-7-13)29(25,26)23-11-10-15-16(12-22-18(24)17(15)23)21-27-19(2,3)20(4,5)28-21/h6-12H,1-5H3,(H,22,24). The van der Waals surface area contributed by atoms with Gasteiger partial charge in [-0.15, -0.1) is 0 Å². The molecule has 0 spiro atoms. The molecule has 1 aromatic carbocycles. The van der Waals surface area contributed by atoms with Crippen molar-refractivity contribution in [2.75, 3.05) is 0 Å². The second kappa shape index (κ2) is 6.32. The fourth-order valence-electron chi connectivity index (χ4n) is 3.35. The Morgan fingerprint density at radius 1 is 1.00 bits per heavy atom. The zero-order valence-corrected chi connectivity index (χ0v) is 17.8. The van der Waals surface area contributed by atoms with Crippen LogP contribution in [-0.4, -0.2) is 35.7 Å². The van der Waals surface area contributed by atoms with E-state index >= 15 is 0 Å². The molecule has 0 radical (unpaired) electrons. The van der Waals surface area contributed by atoms with Crippen molar-refractivity contribution in [1.29, 1.82) is 0 Å². The Kier molecular flexibility index (Phi) is 4.35. The minimum atomic E-state index is -3.93. The molecule has 0 unspecified atom stereocenters. The molecule has 0 amide bonds.